The minimum absolute atomic E-state index is 0.475. The van der Waals surface area contributed by atoms with E-state index in [0.29, 0.717) is 11.8 Å². The number of aryl methyl sites for hydroxylation is 1. The predicted molar refractivity (Wildman–Crippen MR) is 90.3 cm³/mol. The van der Waals surface area contributed by atoms with Gasteiger partial charge in [0.25, 0.3) is 5.71 Å². The Balaban J connectivity index is 1.75. The van der Waals surface area contributed by atoms with Gasteiger partial charge in [-0.1, -0.05) is 54.2 Å². The molecule has 0 amide bonds. The van der Waals surface area contributed by atoms with Crippen LogP contribution >= 0.6 is 0 Å². The van der Waals surface area contributed by atoms with Crippen LogP contribution in [0.15, 0.2) is 35.1 Å². The van der Waals surface area contributed by atoms with Gasteiger partial charge in [0.2, 0.25) is 0 Å². The zero-order valence-electron chi connectivity index (χ0n) is 13.2. The van der Waals surface area contributed by atoms with E-state index in [1.807, 2.05) is 0 Å². The van der Waals surface area contributed by atoms with Crippen molar-refractivity contribution in [3.63, 3.8) is 0 Å². The van der Waals surface area contributed by atoms with Gasteiger partial charge in [-0.05, 0) is 19.8 Å². The van der Waals surface area contributed by atoms with Crippen molar-refractivity contribution >= 4 is 16.9 Å². The Bertz CT molecular complexity index is 804. The summed E-state index contributed by atoms with van der Waals surface area (Å²) in [5.41, 5.74) is 3.59. The van der Waals surface area contributed by atoms with Crippen LogP contribution in [0.2, 0.25) is 0 Å². The maximum Gasteiger partial charge on any atom is 0.263 e. The molecule has 0 radical (unpaired) electrons. The van der Waals surface area contributed by atoms with Gasteiger partial charge in [-0.2, -0.15) is 4.98 Å². The summed E-state index contributed by atoms with van der Waals surface area (Å²) in [4.78, 5) is 8.67. The van der Waals surface area contributed by atoms with E-state index in [1.165, 1.54) is 44.0 Å². The van der Waals surface area contributed by atoms with E-state index in [2.05, 4.69) is 51.6 Å². The second-order valence-electron chi connectivity index (χ2n) is 6.28. The topological polar surface area (TPSA) is 63.8 Å². The largest absolute Gasteiger partial charge is 0.367 e. The lowest BCUT2D eigenvalue weighted by Crippen LogP contribution is -2.23. The molecule has 0 atom stereocenters. The molecule has 5 heteroatoms. The lowest BCUT2D eigenvalue weighted by atomic mass is 9.95. The minimum atomic E-state index is 0.475. The summed E-state index contributed by atoms with van der Waals surface area (Å²) in [6.07, 6.45) is 7.81. The summed E-state index contributed by atoms with van der Waals surface area (Å²) >= 11 is 0. The van der Waals surface area contributed by atoms with Crippen LogP contribution in [0.5, 0.6) is 0 Å². The highest BCUT2D eigenvalue weighted by Gasteiger charge is 2.20. The summed E-state index contributed by atoms with van der Waals surface area (Å²) in [6, 6.07) is 8.75. The fourth-order valence-electron chi connectivity index (χ4n) is 3.24. The normalized spacial score (nSPS) is 15.9. The molecule has 0 bridgehead atoms. The van der Waals surface area contributed by atoms with Crippen molar-refractivity contribution in [2.24, 2.45) is 0 Å². The number of rotatable bonds is 3. The smallest absolute Gasteiger partial charge is 0.263 e. The zero-order valence-corrected chi connectivity index (χ0v) is 13.2. The van der Waals surface area contributed by atoms with E-state index in [9.17, 15) is 0 Å². The maximum absolute atomic E-state index is 5.42. The first-order chi connectivity index (χ1) is 11.3. The molecular weight excluding hydrogens is 288 g/mol. The molecule has 4 rings (SSSR count). The first-order valence-electron chi connectivity index (χ1n) is 8.25. The Kier molecular flexibility index (Phi) is 3.69. The van der Waals surface area contributed by atoms with Crippen molar-refractivity contribution in [1.82, 2.24) is 15.1 Å². The number of hydrogen-bond donors (Lipinski definition) is 1. The van der Waals surface area contributed by atoms with Gasteiger partial charge in [0, 0.05) is 11.6 Å². The third-order valence-corrected chi connectivity index (χ3v) is 4.54. The van der Waals surface area contributed by atoms with Crippen LogP contribution in [-0.4, -0.2) is 21.2 Å². The van der Waals surface area contributed by atoms with Crippen molar-refractivity contribution in [1.29, 1.82) is 0 Å². The van der Waals surface area contributed by atoms with Gasteiger partial charge in [0.05, 0.1) is 0 Å². The molecule has 0 aliphatic heterocycles. The van der Waals surface area contributed by atoms with Gasteiger partial charge in [0.1, 0.15) is 23.2 Å². The predicted octanol–water partition coefficient (Wildman–Crippen LogP) is 4.34. The number of aromatic nitrogens is 3. The van der Waals surface area contributed by atoms with Crippen molar-refractivity contribution < 1.29 is 4.52 Å². The van der Waals surface area contributed by atoms with E-state index in [-0.39, 0.29) is 0 Å². The van der Waals surface area contributed by atoms with Gasteiger partial charge in [-0.25, -0.2) is 4.98 Å². The number of nitrogens with zero attached hydrogens (tertiary/aromatic N) is 3. The number of anilines is 1. The van der Waals surface area contributed by atoms with Crippen LogP contribution in [-0.2, 0) is 0 Å². The number of hydrogen-bond acceptors (Lipinski definition) is 5. The van der Waals surface area contributed by atoms with Crippen LogP contribution < -0.4 is 5.32 Å². The van der Waals surface area contributed by atoms with Crippen molar-refractivity contribution in [3.8, 4) is 11.3 Å². The third kappa shape index (κ3) is 2.79. The second kappa shape index (κ2) is 5.99. The molecule has 1 fully saturated rings. The number of nitrogens with one attached hydrogen (secondary N) is 1. The molecule has 1 N–H and O–H groups in total. The molecule has 1 aliphatic carbocycles. The molecule has 0 spiro atoms. The van der Waals surface area contributed by atoms with Gasteiger partial charge >= 0.3 is 0 Å². The highest BCUT2D eigenvalue weighted by Crippen LogP contribution is 2.32. The standard InChI is InChI=1S/C18H20N4O/c1-12-7-9-13(10-8-12)16-15-17(19-11-20-18(15)23-22-16)21-14-5-3-2-4-6-14/h7-11,14H,2-6H2,1H3,(H,19,20,21). The summed E-state index contributed by atoms with van der Waals surface area (Å²) in [6.45, 7) is 2.07. The third-order valence-electron chi connectivity index (χ3n) is 4.54. The summed E-state index contributed by atoms with van der Waals surface area (Å²) in [7, 11) is 0. The quantitative estimate of drug-likeness (QED) is 0.780. The highest BCUT2D eigenvalue weighted by atomic mass is 16.5. The Morgan fingerprint density at radius 1 is 1.04 bits per heavy atom. The Morgan fingerprint density at radius 2 is 1.83 bits per heavy atom. The average molecular weight is 308 g/mol. The molecule has 1 saturated carbocycles. The SMILES string of the molecule is Cc1ccc(-c2noc3ncnc(NC4CCCCC4)c23)cc1. The molecular formula is C18H20N4O. The number of fused-ring (bicyclic) bond motifs is 1. The molecule has 3 aromatic rings. The molecule has 1 aliphatic rings. The van der Waals surface area contributed by atoms with Crippen molar-refractivity contribution in [3.05, 3.63) is 36.2 Å². The van der Waals surface area contributed by atoms with E-state index in [0.717, 1.165) is 22.5 Å². The first-order valence-corrected chi connectivity index (χ1v) is 8.25. The van der Waals surface area contributed by atoms with Gasteiger partial charge < -0.3 is 9.84 Å². The average Bonchev–Trinajstić information content (AvgIpc) is 3.02. The summed E-state index contributed by atoms with van der Waals surface area (Å²) in [5.74, 6) is 0.832. The molecule has 5 nitrogen and oxygen atoms in total. The lowest BCUT2D eigenvalue weighted by Gasteiger charge is -2.23. The van der Waals surface area contributed by atoms with Gasteiger partial charge in [-0.15, -0.1) is 0 Å². The molecule has 2 aromatic heterocycles. The van der Waals surface area contributed by atoms with Crippen molar-refractivity contribution in [2.45, 2.75) is 45.1 Å². The fourth-order valence-corrected chi connectivity index (χ4v) is 3.24. The summed E-state index contributed by atoms with van der Waals surface area (Å²) in [5, 5.41) is 8.69. The van der Waals surface area contributed by atoms with E-state index in [4.69, 9.17) is 4.52 Å². The monoisotopic (exact) mass is 308 g/mol. The van der Waals surface area contributed by atoms with Gasteiger partial charge in [-0.3, -0.25) is 0 Å². The maximum atomic E-state index is 5.42. The molecule has 2 heterocycles. The van der Waals surface area contributed by atoms with Crippen LogP contribution in [0.1, 0.15) is 37.7 Å². The molecule has 0 unspecified atom stereocenters. The fraction of sp³-hybridized carbons (Fsp3) is 0.389. The Hall–Kier alpha value is -2.43. The van der Waals surface area contributed by atoms with E-state index in [1.54, 1.807) is 0 Å². The van der Waals surface area contributed by atoms with Crippen LogP contribution in [0, 0.1) is 6.92 Å². The summed E-state index contributed by atoms with van der Waals surface area (Å²) < 4.78 is 5.42. The number of benzene rings is 1. The lowest BCUT2D eigenvalue weighted by molar-refractivity contribution is 0.451. The molecule has 0 saturated heterocycles. The second-order valence-corrected chi connectivity index (χ2v) is 6.28. The van der Waals surface area contributed by atoms with Crippen LogP contribution in [0.3, 0.4) is 0 Å². The van der Waals surface area contributed by atoms with E-state index < -0.39 is 0 Å². The van der Waals surface area contributed by atoms with E-state index >= 15 is 0 Å². The molecule has 1 aromatic carbocycles. The zero-order chi connectivity index (χ0) is 15.6. The first kappa shape index (κ1) is 14.2. The van der Waals surface area contributed by atoms with Crippen molar-refractivity contribution in [2.75, 3.05) is 5.32 Å². The van der Waals surface area contributed by atoms with Gasteiger partial charge in [0.15, 0.2) is 0 Å². The molecule has 118 valence electrons. The Labute approximate surface area is 135 Å². The molecule has 23 heavy (non-hydrogen) atoms. The van der Waals surface area contributed by atoms with Crippen LogP contribution in [0.25, 0.3) is 22.4 Å². The van der Waals surface area contributed by atoms with Crippen LogP contribution in [0.4, 0.5) is 5.82 Å². The highest BCUT2D eigenvalue weighted by molar-refractivity contribution is 5.97. The minimum Gasteiger partial charge on any atom is -0.367 e. The Morgan fingerprint density at radius 3 is 2.61 bits per heavy atom.